The van der Waals surface area contributed by atoms with Crippen LogP contribution in [0.2, 0.25) is 0 Å². The molecule has 0 aliphatic heterocycles. The number of alkyl halides is 3. The molecule has 0 saturated heterocycles. The second-order valence-corrected chi connectivity index (χ2v) is 6.38. The van der Waals surface area contributed by atoms with Gasteiger partial charge in [0.25, 0.3) is 10.0 Å². The van der Waals surface area contributed by atoms with Crippen LogP contribution in [0.5, 0.6) is 0 Å². The van der Waals surface area contributed by atoms with E-state index in [2.05, 4.69) is 4.98 Å². The molecule has 0 bridgehead atoms. The van der Waals surface area contributed by atoms with Crippen LogP contribution >= 0.6 is 0 Å². The van der Waals surface area contributed by atoms with Gasteiger partial charge in [0.1, 0.15) is 12.4 Å². The lowest BCUT2D eigenvalue weighted by molar-refractivity contribution is -0.136. The number of hydrogen-bond acceptors (Lipinski definition) is 4. The summed E-state index contributed by atoms with van der Waals surface area (Å²) in [5, 5.41) is 8.35. The highest BCUT2D eigenvalue weighted by molar-refractivity contribution is 7.89. The summed E-state index contributed by atoms with van der Waals surface area (Å²) in [6.07, 6.45) is -2.74. The molecule has 0 spiro atoms. The molecular formula is C11H18F3N3O3S. The van der Waals surface area contributed by atoms with E-state index in [1.165, 1.54) is 6.20 Å². The molecule has 0 amide bonds. The van der Waals surface area contributed by atoms with Crippen molar-refractivity contribution in [3.05, 3.63) is 12.0 Å². The first-order valence-electron chi connectivity index (χ1n) is 6.33. The number of rotatable bonds is 7. The van der Waals surface area contributed by atoms with Gasteiger partial charge in [-0.1, -0.05) is 6.92 Å². The molecule has 1 aromatic heterocycles. The summed E-state index contributed by atoms with van der Waals surface area (Å²) in [4.78, 5) is 3.82. The van der Waals surface area contributed by atoms with Gasteiger partial charge in [-0.05, 0) is 13.3 Å². The maximum atomic E-state index is 12.5. The number of aryl methyl sites for hydroxylation is 2. The predicted octanol–water partition coefficient (Wildman–Crippen LogP) is 1.15. The molecule has 1 aromatic rings. The summed E-state index contributed by atoms with van der Waals surface area (Å²) < 4.78 is 63.6. The second-order valence-electron chi connectivity index (χ2n) is 4.50. The van der Waals surface area contributed by atoms with Crippen LogP contribution in [-0.4, -0.2) is 53.3 Å². The number of nitrogens with zero attached hydrogens (tertiary/aromatic N) is 3. The molecule has 6 nitrogen and oxygen atoms in total. The Morgan fingerprint density at radius 1 is 1.43 bits per heavy atom. The lowest BCUT2D eigenvalue weighted by atomic mass is 10.5. The first-order valence-corrected chi connectivity index (χ1v) is 7.77. The Balaban J connectivity index is 3.13. The van der Waals surface area contributed by atoms with Crippen molar-refractivity contribution < 1.29 is 26.7 Å². The highest BCUT2D eigenvalue weighted by atomic mass is 32.2. The fourth-order valence-corrected chi connectivity index (χ4v) is 3.21. The van der Waals surface area contributed by atoms with Gasteiger partial charge in [0.05, 0.1) is 6.61 Å². The van der Waals surface area contributed by atoms with Crippen molar-refractivity contribution in [2.24, 2.45) is 0 Å². The van der Waals surface area contributed by atoms with Crippen LogP contribution in [-0.2, 0) is 16.6 Å². The van der Waals surface area contributed by atoms with Crippen molar-refractivity contribution in [1.29, 1.82) is 0 Å². The van der Waals surface area contributed by atoms with E-state index >= 15 is 0 Å². The summed E-state index contributed by atoms with van der Waals surface area (Å²) in [5.41, 5.74) is 0. The van der Waals surface area contributed by atoms with E-state index in [9.17, 15) is 21.6 Å². The zero-order valence-electron chi connectivity index (χ0n) is 11.8. The average molecular weight is 329 g/mol. The highest BCUT2D eigenvalue weighted by Gasteiger charge is 2.37. The standard InChI is InChI=1S/C11H18F3N3O3S/c1-3-4-16-7-10(15-9(16)2)21(19,20)17(5-6-18)8-11(12,13)14/h7,18H,3-6,8H2,1-2H3. The molecule has 0 aliphatic carbocycles. The Morgan fingerprint density at radius 2 is 2.05 bits per heavy atom. The Labute approximate surface area is 121 Å². The molecule has 21 heavy (non-hydrogen) atoms. The van der Waals surface area contributed by atoms with Gasteiger partial charge in [0, 0.05) is 19.3 Å². The van der Waals surface area contributed by atoms with E-state index in [4.69, 9.17) is 5.11 Å². The van der Waals surface area contributed by atoms with E-state index in [-0.39, 0.29) is 4.31 Å². The van der Waals surface area contributed by atoms with Gasteiger partial charge < -0.3 is 9.67 Å². The summed E-state index contributed by atoms with van der Waals surface area (Å²) in [7, 11) is -4.40. The third-order valence-electron chi connectivity index (χ3n) is 2.73. The molecule has 10 heteroatoms. The number of aliphatic hydroxyl groups is 1. The Kier molecular flexibility index (Phi) is 5.76. The molecule has 0 atom stereocenters. The predicted molar refractivity (Wildman–Crippen MR) is 69.2 cm³/mol. The molecule has 0 fully saturated rings. The van der Waals surface area contributed by atoms with Crippen LogP contribution in [0.4, 0.5) is 13.2 Å². The van der Waals surface area contributed by atoms with Crippen LogP contribution in [0.15, 0.2) is 11.2 Å². The van der Waals surface area contributed by atoms with E-state index in [0.29, 0.717) is 12.4 Å². The summed E-state index contributed by atoms with van der Waals surface area (Å²) in [6.45, 7) is 0.985. The molecular weight excluding hydrogens is 311 g/mol. The van der Waals surface area contributed by atoms with Crippen molar-refractivity contribution in [1.82, 2.24) is 13.9 Å². The number of aromatic nitrogens is 2. The minimum atomic E-state index is -4.69. The van der Waals surface area contributed by atoms with Gasteiger partial charge in [-0.25, -0.2) is 13.4 Å². The van der Waals surface area contributed by atoms with Crippen LogP contribution in [0.1, 0.15) is 19.2 Å². The SMILES string of the molecule is CCCn1cc(S(=O)(=O)N(CCO)CC(F)(F)F)nc1C. The first-order chi connectivity index (χ1) is 9.61. The highest BCUT2D eigenvalue weighted by Crippen LogP contribution is 2.22. The lowest BCUT2D eigenvalue weighted by Crippen LogP contribution is -2.40. The topological polar surface area (TPSA) is 75.4 Å². The van der Waals surface area contributed by atoms with Crippen LogP contribution in [0.3, 0.4) is 0 Å². The van der Waals surface area contributed by atoms with Gasteiger partial charge in [-0.2, -0.15) is 17.5 Å². The summed E-state index contributed by atoms with van der Waals surface area (Å²) in [6, 6.07) is 0. The zero-order valence-corrected chi connectivity index (χ0v) is 12.6. The lowest BCUT2D eigenvalue weighted by Gasteiger charge is -2.21. The molecule has 0 saturated carbocycles. The van der Waals surface area contributed by atoms with Gasteiger partial charge >= 0.3 is 6.18 Å². The number of imidazole rings is 1. The van der Waals surface area contributed by atoms with Gasteiger partial charge in [-0.3, -0.25) is 0 Å². The zero-order chi connectivity index (χ0) is 16.3. The number of sulfonamides is 1. The minimum absolute atomic E-state index is 0.186. The Morgan fingerprint density at radius 3 is 2.52 bits per heavy atom. The van der Waals surface area contributed by atoms with Gasteiger partial charge in [0.2, 0.25) is 0 Å². The van der Waals surface area contributed by atoms with Gasteiger partial charge in [-0.15, -0.1) is 0 Å². The van der Waals surface area contributed by atoms with E-state index in [0.717, 1.165) is 6.42 Å². The third-order valence-corrected chi connectivity index (χ3v) is 4.44. The fraction of sp³-hybridized carbons (Fsp3) is 0.727. The van der Waals surface area contributed by atoms with Crippen LogP contribution in [0, 0.1) is 6.92 Å². The molecule has 0 unspecified atom stereocenters. The molecule has 0 aromatic carbocycles. The molecule has 122 valence electrons. The molecule has 1 N–H and O–H groups in total. The largest absolute Gasteiger partial charge is 0.402 e. The number of halogens is 3. The average Bonchev–Trinajstić information content (AvgIpc) is 2.70. The maximum Gasteiger partial charge on any atom is 0.402 e. The minimum Gasteiger partial charge on any atom is -0.395 e. The van der Waals surface area contributed by atoms with Crippen molar-refractivity contribution in [2.45, 2.75) is 38.0 Å². The monoisotopic (exact) mass is 329 g/mol. The molecule has 0 aliphatic rings. The van der Waals surface area contributed by atoms with E-state index in [1.54, 1.807) is 11.5 Å². The quantitative estimate of drug-likeness (QED) is 0.814. The molecule has 1 heterocycles. The maximum absolute atomic E-state index is 12.5. The number of hydrogen-bond donors (Lipinski definition) is 1. The molecule has 0 radical (unpaired) electrons. The van der Waals surface area contributed by atoms with Crippen LogP contribution in [0.25, 0.3) is 0 Å². The Hall–Kier alpha value is -1.13. The Bertz CT molecular complexity index is 569. The summed E-state index contributed by atoms with van der Waals surface area (Å²) >= 11 is 0. The van der Waals surface area contributed by atoms with Crippen molar-refractivity contribution >= 4 is 10.0 Å². The fourth-order valence-electron chi connectivity index (χ4n) is 1.80. The normalized spacial score (nSPS) is 13.1. The number of aliphatic hydroxyl groups excluding tert-OH is 1. The van der Waals surface area contributed by atoms with Crippen LogP contribution < -0.4 is 0 Å². The first kappa shape index (κ1) is 17.9. The smallest absolute Gasteiger partial charge is 0.395 e. The van der Waals surface area contributed by atoms with E-state index in [1.807, 2.05) is 6.92 Å². The summed E-state index contributed by atoms with van der Waals surface area (Å²) in [5.74, 6) is 0.409. The van der Waals surface area contributed by atoms with E-state index < -0.39 is 40.9 Å². The second kappa shape index (κ2) is 6.75. The molecule has 1 rings (SSSR count). The van der Waals surface area contributed by atoms with Crippen molar-refractivity contribution in [3.63, 3.8) is 0 Å². The van der Waals surface area contributed by atoms with Crippen molar-refractivity contribution in [2.75, 3.05) is 19.7 Å². The van der Waals surface area contributed by atoms with Gasteiger partial charge in [0.15, 0.2) is 5.03 Å². The third kappa shape index (κ3) is 4.68. The van der Waals surface area contributed by atoms with Crippen molar-refractivity contribution in [3.8, 4) is 0 Å².